The van der Waals surface area contributed by atoms with Crippen LogP contribution < -0.4 is 9.44 Å². The molecule has 1 aliphatic rings. The standard InChI is InChI=1S/C16H21FN2O5S2/c1-3-9-25(20,21)18-16-6-5-13(10-14(16)17)26(22,23)19-15(4-2)12-7-8-24-11-12/h2,5-6,10,12,15,18-19H,3,7-9,11H2,1H3/t12-,15+/m0/s1. The molecule has 1 heterocycles. The van der Waals surface area contributed by atoms with E-state index >= 15 is 0 Å². The summed E-state index contributed by atoms with van der Waals surface area (Å²) < 4.78 is 72.2. The molecule has 0 unspecified atom stereocenters. The first-order valence-electron chi connectivity index (χ1n) is 8.05. The first kappa shape index (κ1) is 20.6. The van der Waals surface area contributed by atoms with E-state index in [1.54, 1.807) is 6.92 Å². The molecule has 1 fully saturated rings. The molecule has 0 aliphatic carbocycles. The predicted octanol–water partition coefficient (Wildman–Crippen LogP) is 1.29. The quantitative estimate of drug-likeness (QED) is 0.636. The summed E-state index contributed by atoms with van der Waals surface area (Å²) in [6.07, 6.45) is 6.40. The number of benzene rings is 1. The highest BCUT2D eigenvalue weighted by Crippen LogP contribution is 2.22. The van der Waals surface area contributed by atoms with Gasteiger partial charge in [0, 0.05) is 12.5 Å². The average Bonchev–Trinajstić information content (AvgIpc) is 3.08. The van der Waals surface area contributed by atoms with Crippen LogP contribution in [0.15, 0.2) is 23.1 Å². The van der Waals surface area contributed by atoms with E-state index in [0.717, 1.165) is 18.2 Å². The van der Waals surface area contributed by atoms with E-state index in [0.29, 0.717) is 26.1 Å². The Balaban J connectivity index is 2.20. The molecule has 2 atom stereocenters. The summed E-state index contributed by atoms with van der Waals surface area (Å²) in [4.78, 5) is -0.340. The van der Waals surface area contributed by atoms with Gasteiger partial charge in [0.2, 0.25) is 20.0 Å². The van der Waals surface area contributed by atoms with Crippen molar-refractivity contribution in [1.82, 2.24) is 4.72 Å². The molecule has 1 aromatic carbocycles. The number of ether oxygens (including phenoxy) is 1. The smallest absolute Gasteiger partial charge is 0.241 e. The van der Waals surface area contributed by atoms with Crippen molar-refractivity contribution in [2.24, 2.45) is 5.92 Å². The summed E-state index contributed by atoms with van der Waals surface area (Å²) in [6.45, 7) is 2.53. The molecule has 0 aromatic heterocycles. The predicted molar refractivity (Wildman–Crippen MR) is 96.0 cm³/mol. The molecule has 1 aromatic rings. The SMILES string of the molecule is C#C[C@@H](NS(=O)(=O)c1ccc(NS(=O)(=O)CCC)c(F)c1)[C@H]1CCOC1. The molecule has 2 rings (SSSR count). The van der Waals surface area contributed by atoms with Gasteiger partial charge in [-0.15, -0.1) is 6.42 Å². The zero-order valence-electron chi connectivity index (χ0n) is 14.2. The molecule has 2 N–H and O–H groups in total. The van der Waals surface area contributed by atoms with Gasteiger partial charge in [0.05, 0.1) is 29.0 Å². The van der Waals surface area contributed by atoms with Gasteiger partial charge in [0.1, 0.15) is 5.82 Å². The van der Waals surface area contributed by atoms with Crippen molar-refractivity contribution >= 4 is 25.7 Å². The Kier molecular flexibility index (Phi) is 6.63. The van der Waals surface area contributed by atoms with Crippen LogP contribution in [0.5, 0.6) is 0 Å². The van der Waals surface area contributed by atoms with Crippen LogP contribution in [0.4, 0.5) is 10.1 Å². The number of hydrogen-bond donors (Lipinski definition) is 2. The van der Waals surface area contributed by atoms with Crippen molar-refractivity contribution in [3.63, 3.8) is 0 Å². The van der Waals surface area contributed by atoms with E-state index in [2.05, 4.69) is 15.4 Å². The summed E-state index contributed by atoms with van der Waals surface area (Å²) in [7, 11) is -7.75. The van der Waals surface area contributed by atoms with Crippen LogP contribution in [0, 0.1) is 24.1 Å². The minimum atomic E-state index is -4.07. The van der Waals surface area contributed by atoms with Crippen LogP contribution in [-0.2, 0) is 24.8 Å². The van der Waals surface area contributed by atoms with Crippen LogP contribution in [0.1, 0.15) is 19.8 Å². The first-order chi connectivity index (χ1) is 12.2. The summed E-state index contributed by atoms with van der Waals surface area (Å²) in [5, 5.41) is 0. The minimum absolute atomic E-state index is 0.153. The molecule has 0 amide bonds. The van der Waals surface area contributed by atoms with Crippen LogP contribution in [0.3, 0.4) is 0 Å². The van der Waals surface area contributed by atoms with Gasteiger partial charge in [0.25, 0.3) is 0 Å². The Morgan fingerprint density at radius 2 is 2.12 bits per heavy atom. The third kappa shape index (κ3) is 5.17. The third-order valence-corrected chi connectivity index (χ3v) is 6.80. The van der Waals surface area contributed by atoms with Gasteiger partial charge in [0.15, 0.2) is 0 Å². The number of nitrogens with one attached hydrogen (secondary N) is 2. The second-order valence-electron chi connectivity index (χ2n) is 5.95. The maximum Gasteiger partial charge on any atom is 0.241 e. The Morgan fingerprint density at radius 3 is 2.65 bits per heavy atom. The maximum absolute atomic E-state index is 14.2. The summed E-state index contributed by atoms with van der Waals surface area (Å²) >= 11 is 0. The highest BCUT2D eigenvalue weighted by molar-refractivity contribution is 7.92. The van der Waals surface area contributed by atoms with Crippen molar-refractivity contribution in [3.05, 3.63) is 24.0 Å². The Morgan fingerprint density at radius 1 is 1.38 bits per heavy atom. The van der Waals surface area contributed by atoms with E-state index in [1.165, 1.54) is 0 Å². The lowest BCUT2D eigenvalue weighted by Crippen LogP contribution is -2.39. The molecule has 7 nitrogen and oxygen atoms in total. The monoisotopic (exact) mass is 404 g/mol. The summed E-state index contributed by atoms with van der Waals surface area (Å²) in [5.41, 5.74) is -0.310. The normalized spacial score (nSPS) is 19.0. The van der Waals surface area contributed by atoms with Gasteiger partial charge in [-0.1, -0.05) is 12.8 Å². The topological polar surface area (TPSA) is 102 Å². The van der Waals surface area contributed by atoms with Crippen molar-refractivity contribution in [2.75, 3.05) is 23.7 Å². The molecule has 1 aliphatic heterocycles. The third-order valence-electron chi connectivity index (χ3n) is 3.89. The zero-order chi connectivity index (χ0) is 19.4. The van der Waals surface area contributed by atoms with E-state index in [-0.39, 0.29) is 22.3 Å². The molecule has 26 heavy (non-hydrogen) atoms. The van der Waals surface area contributed by atoms with Crippen LogP contribution in [0.2, 0.25) is 0 Å². The number of terminal acetylenes is 1. The maximum atomic E-state index is 14.2. The Hall–Kier alpha value is -1.67. The number of anilines is 1. The van der Waals surface area contributed by atoms with E-state index in [1.807, 2.05) is 0 Å². The average molecular weight is 404 g/mol. The van der Waals surface area contributed by atoms with Crippen molar-refractivity contribution in [3.8, 4) is 12.3 Å². The lowest BCUT2D eigenvalue weighted by atomic mass is 10.0. The molecule has 0 saturated carbocycles. The van der Waals surface area contributed by atoms with Crippen molar-refractivity contribution < 1.29 is 26.0 Å². The minimum Gasteiger partial charge on any atom is -0.381 e. The van der Waals surface area contributed by atoms with E-state index in [4.69, 9.17) is 11.2 Å². The van der Waals surface area contributed by atoms with Gasteiger partial charge in [-0.2, -0.15) is 4.72 Å². The van der Waals surface area contributed by atoms with Gasteiger partial charge in [-0.3, -0.25) is 4.72 Å². The molecule has 10 heteroatoms. The molecule has 144 valence electrons. The van der Waals surface area contributed by atoms with Gasteiger partial charge in [-0.05, 0) is 31.0 Å². The number of rotatable bonds is 8. The highest BCUT2D eigenvalue weighted by atomic mass is 32.2. The fourth-order valence-electron chi connectivity index (χ4n) is 2.55. The fourth-order valence-corrected chi connectivity index (χ4v) is 4.93. The first-order valence-corrected chi connectivity index (χ1v) is 11.2. The Bertz CT molecular complexity index is 888. The fraction of sp³-hybridized carbons (Fsp3) is 0.500. The molecule has 1 saturated heterocycles. The van der Waals surface area contributed by atoms with Crippen molar-refractivity contribution in [2.45, 2.75) is 30.7 Å². The van der Waals surface area contributed by atoms with Gasteiger partial charge >= 0.3 is 0 Å². The molecule has 0 radical (unpaired) electrons. The summed E-state index contributed by atoms with van der Waals surface area (Å²) in [5.74, 6) is 1.08. The van der Waals surface area contributed by atoms with Gasteiger partial charge < -0.3 is 4.74 Å². The summed E-state index contributed by atoms with van der Waals surface area (Å²) in [6, 6.07) is 2.17. The molecule has 0 bridgehead atoms. The number of sulfonamides is 2. The zero-order valence-corrected chi connectivity index (χ0v) is 15.9. The number of hydrogen-bond acceptors (Lipinski definition) is 5. The van der Waals surface area contributed by atoms with Crippen LogP contribution >= 0.6 is 0 Å². The highest BCUT2D eigenvalue weighted by Gasteiger charge is 2.29. The number of halogens is 1. The lowest BCUT2D eigenvalue weighted by molar-refractivity contribution is 0.183. The largest absolute Gasteiger partial charge is 0.381 e. The van der Waals surface area contributed by atoms with E-state index < -0.39 is 31.9 Å². The van der Waals surface area contributed by atoms with E-state index in [9.17, 15) is 21.2 Å². The van der Waals surface area contributed by atoms with Gasteiger partial charge in [-0.25, -0.2) is 21.2 Å². The molecular formula is C16H21FN2O5S2. The van der Waals surface area contributed by atoms with Crippen molar-refractivity contribution in [1.29, 1.82) is 0 Å². The second-order valence-corrected chi connectivity index (χ2v) is 9.51. The van der Waals surface area contributed by atoms with Crippen LogP contribution in [0.25, 0.3) is 0 Å². The van der Waals surface area contributed by atoms with Crippen LogP contribution in [-0.4, -0.2) is 41.8 Å². The lowest BCUT2D eigenvalue weighted by Gasteiger charge is -2.18. The molecule has 0 spiro atoms. The molecular weight excluding hydrogens is 383 g/mol. The second kappa shape index (κ2) is 8.35. The Labute approximate surface area is 153 Å².